The first kappa shape index (κ1) is 13.3. The quantitative estimate of drug-likeness (QED) is 0.691. The minimum absolute atomic E-state index is 0.0637. The van der Waals surface area contributed by atoms with Crippen molar-refractivity contribution < 1.29 is 9.53 Å². The Hall–Kier alpha value is -0.760. The number of ether oxygens (including phenoxy) is 1. The van der Waals surface area contributed by atoms with Gasteiger partial charge in [-0.2, -0.15) is 0 Å². The van der Waals surface area contributed by atoms with Crippen LogP contribution in [0.15, 0.2) is 22.8 Å². The molecule has 16 heavy (non-hydrogen) atoms. The van der Waals surface area contributed by atoms with Gasteiger partial charge in [0.2, 0.25) is 0 Å². The van der Waals surface area contributed by atoms with Crippen LogP contribution in [0, 0.1) is 11.3 Å². The van der Waals surface area contributed by atoms with Gasteiger partial charge < -0.3 is 4.74 Å². The molecule has 0 spiro atoms. The van der Waals surface area contributed by atoms with Crippen LogP contribution in [0.25, 0.3) is 0 Å². The Morgan fingerprint density at radius 2 is 2.19 bits per heavy atom. The molecule has 0 aromatic rings. The highest BCUT2D eigenvalue weighted by Gasteiger charge is 2.32. The normalized spacial score (nSPS) is 21.2. The van der Waals surface area contributed by atoms with Gasteiger partial charge in [0.25, 0.3) is 0 Å². The lowest BCUT2D eigenvalue weighted by molar-refractivity contribution is -0.147. The molecular weight excluding hydrogens is 224 g/mol. The third-order valence-electron chi connectivity index (χ3n) is 2.65. The first-order valence-electron chi connectivity index (χ1n) is 5.60. The van der Waals surface area contributed by atoms with Crippen molar-refractivity contribution in [2.75, 3.05) is 6.61 Å². The lowest BCUT2D eigenvalue weighted by Crippen LogP contribution is -2.27. The van der Waals surface area contributed by atoms with E-state index >= 15 is 0 Å². The molecule has 0 aromatic carbocycles. The molecule has 0 saturated carbocycles. The molecule has 1 aliphatic carbocycles. The molecule has 0 saturated heterocycles. The minimum atomic E-state index is -0.178. The molecule has 1 aliphatic rings. The number of esters is 1. The maximum absolute atomic E-state index is 11.8. The molecule has 0 amide bonds. The van der Waals surface area contributed by atoms with Crippen LogP contribution in [0.2, 0.25) is 0 Å². The molecule has 0 radical (unpaired) electrons. The molecule has 0 aromatic heterocycles. The van der Waals surface area contributed by atoms with Crippen molar-refractivity contribution in [3.05, 3.63) is 22.8 Å². The Labute approximate surface area is 102 Å². The van der Waals surface area contributed by atoms with Gasteiger partial charge in [-0.25, -0.2) is 0 Å². The van der Waals surface area contributed by atoms with E-state index in [-0.39, 0.29) is 17.3 Å². The lowest BCUT2D eigenvalue weighted by Gasteiger charge is -2.30. The number of carbonyl (C=O) groups excluding carboxylic acids is 1. The van der Waals surface area contributed by atoms with Gasteiger partial charge in [0.05, 0.1) is 12.5 Å². The predicted octanol–water partition coefficient (Wildman–Crippen LogP) is 3.66. The highest BCUT2D eigenvalue weighted by Crippen LogP contribution is 2.38. The molecular formula is C13H19ClO2. The van der Waals surface area contributed by atoms with E-state index < -0.39 is 0 Å². The van der Waals surface area contributed by atoms with Crippen LogP contribution in [0.5, 0.6) is 0 Å². The number of rotatable bonds is 2. The SMILES string of the molecule is CCOC(=O)C1CC=C(Cl)C=C1C(C)(C)C. The van der Waals surface area contributed by atoms with Gasteiger partial charge in [-0.3, -0.25) is 4.79 Å². The summed E-state index contributed by atoms with van der Waals surface area (Å²) in [7, 11) is 0. The van der Waals surface area contributed by atoms with Gasteiger partial charge in [0.15, 0.2) is 0 Å². The van der Waals surface area contributed by atoms with Crippen molar-refractivity contribution in [2.45, 2.75) is 34.1 Å². The van der Waals surface area contributed by atoms with Gasteiger partial charge in [-0.05, 0) is 30.4 Å². The summed E-state index contributed by atoms with van der Waals surface area (Å²) >= 11 is 6.00. The van der Waals surface area contributed by atoms with E-state index in [2.05, 4.69) is 20.8 Å². The van der Waals surface area contributed by atoms with Crippen molar-refractivity contribution in [1.82, 2.24) is 0 Å². The topological polar surface area (TPSA) is 26.3 Å². The first-order chi connectivity index (χ1) is 7.36. The number of hydrogen-bond acceptors (Lipinski definition) is 2. The van der Waals surface area contributed by atoms with Crippen LogP contribution in [-0.2, 0) is 9.53 Å². The van der Waals surface area contributed by atoms with Crippen LogP contribution < -0.4 is 0 Å². The van der Waals surface area contributed by atoms with E-state index in [0.717, 1.165) is 5.57 Å². The predicted molar refractivity (Wildman–Crippen MR) is 66.2 cm³/mol. The average molecular weight is 243 g/mol. The maximum atomic E-state index is 11.8. The molecule has 1 unspecified atom stereocenters. The molecule has 0 fully saturated rings. The Balaban J connectivity index is 2.96. The van der Waals surface area contributed by atoms with Gasteiger partial charge >= 0.3 is 5.97 Å². The van der Waals surface area contributed by atoms with E-state index in [1.165, 1.54) is 0 Å². The fourth-order valence-corrected chi connectivity index (χ4v) is 2.08. The highest BCUT2D eigenvalue weighted by molar-refractivity contribution is 6.31. The molecule has 3 heteroatoms. The zero-order valence-electron chi connectivity index (χ0n) is 10.3. The second kappa shape index (κ2) is 5.05. The lowest BCUT2D eigenvalue weighted by atomic mass is 9.75. The maximum Gasteiger partial charge on any atom is 0.313 e. The van der Waals surface area contributed by atoms with Crippen LogP contribution >= 0.6 is 11.6 Å². The van der Waals surface area contributed by atoms with E-state index in [4.69, 9.17) is 16.3 Å². The fourth-order valence-electron chi connectivity index (χ4n) is 1.87. The van der Waals surface area contributed by atoms with Crippen molar-refractivity contribution >= 4 is 17.6 Å². The van der Waals surface area contributed by atoms with Crippen LogP contribution in [0.1, 0.15) is 34.1 Å². The number of allylic oxidation sites excluding steroid dienone is 3. The van der Waals surface area contributed by atoms with E-state index in [0.29, 0.717) is 18.1 Å². The Kier molecular flexibility index (Phi) is 4.20. The molecule has 0 N–H and O–H groups in total. The standard InChI is InChI=1S/C13H19ClO2/c1-5-16-12(15)10-7-6-9(14)8-11(10)13(2,3)4/h6,8,10H,5,7H2,1-4H3. The van der Waals surface area contributed by atoms with Gasteiger partial charge in [0, 0.05) is 5.03 Å². The Morgan fingerprint density at radius 1 is 1.56 bits per heavy atom. The molecule has 0 bridgehead atoms. The summed E-state index contributed by atoms with van der Waals surface area (Å²) in [6.45, 7) is 8.50. The van der Waals surface area contributed by atoms with E-state index in [1.54, 1.807) is 0 Å². The molecule has 0 heterocycles. The summed E-state index contributed by atoms with van der Waals surface area (Å²) in [5.41, 5.74) is 0.990. The molecule has 2 nitrogen and oxygen atoms in total. The van der Waals surface area contributed by atoms with Crippen molar-refractivity contribution in [3.63, 3.8) is 0 Å². The minimum Gasteiger partial charge on any atom is -0.466 e. The summed E-state index contributed by atoms with van der Waals surface area (Å²) in [6.07, 6.45) is 4.41. The van der Waals surface area contributed by atoms with Gasteiger partial charge in [0.1, 0.15) is 0 Å². The zero-order valence-corrected chi connectivity index (χ0v) is 11.1. The third kappa shape index (κ3) is 3.11. The average Bonchev–Trinajstić information content (AvgIpc) is 2.16. The van der Waals surface area contributed by atoms with Crippen LogP contribution in [0.4, 0.5) is 0 Å². The summed E-state index contributed by atoms with van der Waals surface area (Å²) < 4.78 is 5.09. The monoisotopic (exact) mass is 242 g/mol. The molecule has 90 valence electrons. The van der Waals surface area contributed by atoms with Crippen molar-refractivity contribution in [1.29, 1.82) is 0 Å². The first-order valence-corrected chi connectivity index (χ1v) is 5.98. The van der Waals surface area contributed by atoms with Gasteiger partial charge in [-0.15, -0.1) is 0 Å². The summed E-state index contributed by atoms with van der Waals surface area (Å²) in [4.78, 5) is 11.8. The summed E-state index contributed by atoms with van der Waals surface area (Å²) in [6, 6.07) is 0. The Bertz CT molecular complexity index is 334. The van der Waals surface area contributed by atoms with E-state index in [1.807, 2.05) is 19.1 Å². The van der Waals surface area contributed by atoms with E-state index in [9.17, 15) is 4.79 Å². The highest BCUT2D eigenvalue weighted by atomic mass is 35.5. The second-order valence-corrected chi connectivity index (χ2v) is 5.42. The largest absolute Gasteiger partial charge is 0.466 e. The fraction of sp³-hybridized carbons (Fsp3) is 0.615. The molecule has 1 rings (SSSR count). The van der Waals surface area contributed by atoms with Crippen LogP contribution in [-0.4, -0.2) is 12.6 Å². The zero-order chi connectivity index (χ0) is 12.3. The molecule has 1 atom stereocenters. The molecule has 0 aliphatic heterocycles. The van der Waals surface area contributed by atoms with Gasteiger partial charge in [-0.1, -0.05) is 38.4 Å². The van der Waals surface area contributed by atoms with Crippen molar-refractivity contribution in [2.24, 2.45) is 11.3 Å². The smallest absolute Gasteiger partial charge is 0.313 e. The number of halogens is 1. The van der Waals surface area contributed by atoms with Crippen molar-refractivity contribution in [3.8, 4) is 0 Å². The van der Waals surface area contributed by atoms with Crippen LogP contribution in [0.3, 0.4) is 0 Å². The third-order valence-corrected chi connectivity index (χ3v) is 2.92. The summed E-state index contributed by atoms with van der Waals surface area (Å²) in [5.74, 6) is -0.327. The Morgan fingerprint density at radius 3 is 2.69 bits per heavy atom. The summed E-state index contributed by atoms with van der Waals surface area (Å²) in [5, 5.41) is 0.713. The second-order valence-electron chi connectivity index (χ2n) is 4.98. The number of hydrogen-bond donors (Lipinski definition) is 0. The number of carbonyl (C=O) groups is 1.